The Morgan fingerprint density at radius 2 is 1.89 bits per heavy atom. The fraction of sp³-hybridized carbons (Fsp3) is 0.286. The van der Waals surface area contributed by atoms with Crippen molar-refractivity contribution in [3.05, 3.63) is 64.7 Å². The molecule has 0 amide bonds. The molecule has 2 aromatic carbocycles. The second-order valence-electron chi connectivity index (χ2n) is 6.40. The molecule has 1 fully saturated rings. The van der Waals surface area contributed by atoms with Crippen LogP contribution in [0.3, 0.4) is 0 Å². The van der Waals surface area contributed by atoms with E-state index in [0.717, 1.165) is 17.3 Å². The highest BCUT2D eigenvalue weighted by atomic mass is 35.5. The molecule has 0 saturated carbocycles. The third-order valence-corrected chi connectivity index (χ3v) is 5.72. The molecule has 1 unspecified atom stereocenters. The van der Waals surface area contributed by atoms with Crippen molar-refractivity contribution in [2.75, 3.05) is 6.61 Å². The van der Waals surface area contributed by atoms with E-state index in [1.165, 1.54) is 6.92 Å². The first-order valence-electron chi connectivity index (χ1n) is 8.78. The fourth-order valence-electron chi connectivity index (χ4n) is 2.91. The summed E-state index contributed by atoms with van der Waals surface area (Å²) in [6.07, 6.45) is -0.0779. The zero-order valence-corrected chi connectivity index (χ0v) is 16.8. The number of benzene rings is 2. The van der Waals surface area contributed by atoms with Crippen LogP contribution in [-0.4, -0.2) is 28.7 Å². The lowest BCUT2D eigenvalue weighted by Crippen LogP contribution is -2.17. The van der Waals surface area contributed by atoms with E-state index in [-0.39, 0.29) is 29.2 Å². The highest BCUT2D eigenvalue weighted by Gasteiger charge is 2.31. The number of halogens is 1. The molecule has 1 heterocycles. The molecule has 0 aliphatic carbocycles. The van der Waals surface area contributed by atoms with Gasteiger partial charge in [0.25, 0.3) is 0 Å². The van der Waals surface area contributed by atoms with Crippen LogP contribution in [0.5, 0.6) is 5.75 Å². The minimum absolute atomic E-state index is 0.0145. The normalized spacial score (nSPS) is 17.4. The van der Waals surface area contributed by atoms with Crippen LogP contribution >= 0.6 is 23.4 Å². The lowest BCUT2D eigenvalue weighted by atomic mass is 10.1. The van der Waals surface area contributed by atoms with Crippen LogP contribution in [0.2, 0.25) is 5.02 Å². The second-order valence-corrected chi connectivity index (χ2v) is 8.07. The maximum absolute atomic E-state index is 11.8. The Labute approximate surface area is 172 Å². The van der Waals surface area contributed by atoms with Crippen molar-refractivity contribution in [1.82, 2.24) is 0 Å². The van der Waals surface area contributed by atoms with Crippen LogP contribution in [0.1, 0.15) is 30.6 Å². The molecule has 2 aromatic rings. The van der Waals surface area contributed by atoms with Gasteiger partial charge in [-0.1, -0.05) is 53.7 Å². The average Bonchev–Trinajstić information content (AvgIpc) is 2.97. The number of ether oxygens (including phenoxy) is 2. The molecule has 0 N–H and O–H groups in total. The van der Waals surface area contributed by atoms with Crippen LogP contribution in [0, 0.1) is 0 Å². The molecule has 2 atom stereocenters. The molecule has 5 nitrogen and oxygen atoms in total. The van der Waals surface area contributed by atoms with Crippen LogP contribution in [0.4, 0.5) is 0 Å². The predicted molar refractivity (Wildman–Crippen MR) is 108 cm³/mol. The van der Waals surface area contributed by atoms with Gasteiger partial charge in [0.1, 0.15) is 12.4 Å². The van der Waals surface area contributed by atoms with Gasteiger partial charge in [0, 0.05) is 17.5 Å². The smallest absolute Gasteiger partial charge is 0.303 e. The van der Waals surface area contributed by atoms with Gasteiger partial charge in [-0.05, 0) is 30.2 Å². The molecule has 0 aromatic heterocycles. The molecule has 1 saturated heterocycles. The Morgan fingerprint density at radius 3 is 2.50 bits per heavy atom. The monoisotopic (exact) mass is 418 g/mol. The summed E-state index contributed by atoms with van der Waals surface area (Å²) in [4.78, 5) is 34.6. The van der Waals surface area contributed by atoms with Crippen LogP contribution < -0.4 is 4.74 Å². The maximum atomic E-state index is 11.8. The molecule has 7 heteroatoms. The number of esters is 1. The topological polar surface area (TPSA) is 69.7 Å². The van der Waals surface area contributed by atoms with Crippen molar-refractivity contribution in [3.8, 4) is 5.75 Å². The Hall–Kier alpha value is -2.31. The largest absolute Gasteiger partial charge is 0.489 e. The van der Waals surface area contributed by atoms with E-state index in [1.807, 2.05) is 18.2 Å². The van der Waals surface area contributed by atoms with E-state index in [4.69, 9.17) is 21.1 Å². The fourth-order valence-corrected chi connectivity index (χ4v) is 4.20. The van der Waals surface area contributed by atoms with Gasteiger partial charge in [-0.15, -0.1) is 0 Å². The molecular weight excluding hydrogens is 400 g/mol. The average molecular weight is 419 g/mol. The minimum Gasteiger partial charge on any atom is -0.489 e. The van der Waals surface area contributed by atoms with E-state index < -0.39 is 12.1 Å². The van der Waals surface area contributed by atoms with E-state index >= 15 is 0 Å². The molecule has 0 bridgehead atoms. The molecular formula is C21H19ClO5S. The maximum Gasteiger partial charge on any atom is 0.303 e. The quantitative estimate of drug-likeness (QED) is 0.496. The zero-order chi connectivity index (χ0) is 20.1. The summed E-state index contributed by atoms with van der Waals surface area (Å²) >= 11 is 7.32. The van der Waals surface area contributed by atoms with Gasteiger partial charge < -0.3 is 9.47 Å². The van der Waals surface area contributed by atoms with Gasteiger partial charge in [-0.2, -0.15) is 0 Å². The van der Waals surface area contributed by atoms with Crippen molar-refractivity contribution < 1.29 is 23.9 Å². The molecule has 146 valence electrons. The molecule has 0 radical (unpaired) electrons. The molecule has 1 aliphatic rings. The van der Waals surface area contributed by atoms with Crippen LogP contribution in [0.15, 0.2) is 48.5 Å². The molecule has 3 rings (SSSR count). The summed E-state index contributed by atoms with van der Waals surface area (Å²) in [5.41, 5.74) is 1.63. The van der Waals surface area contributed by atoms with Gasteiger partial charge >= 0.3 is 5.97 Å². The number of thioether (sulfide) groups is 1. The van der Waals surface area contributed by atoms with Gasteiger partial charge in [-0.25, -0.2) is 0 Å². The number of hydrogen-bond acceptors (Lipinski definition) is 6. The van der Waals surface area contributed by atoms with Crippen molar-refractivity contribution in [2.24, 2.45) is 0 Å². The van der Waals surface area contributed by atoms with Crippen molar-refractivity contribution in [1.29, 1.82) is 0 Å². The minimum atomic E-state index is -0.621. The first-order chi connectivity index (χ1) is 13.4. The summed E-state index contributed by atoms with van der Waals surface area (Å²) in [6.45, 7) is 1.46. The molecule has 1 aliphatic heterocycles. The number of ketones is 1. The van der Waals surface area contributed by atoms with E-state index in [9.17, 15) is 14.4 Å². The number of rotatable bonds is 7. The summed E-state index contributed by atoms with van der Waals surface area (Å²) in [6, 6.07) is 14.5. The van der Waals surface area contributed by atoms with Crippen molar-refractivity contribution in [2.45, 2.75) is 31.1 Å². The Bertz CT molecular complexity index is 881. The Balaban J connectivity index is 1.62. The molecule has 0 spiro atoms. The number of hydrogen-bond donors (Lipinski definition) is 0. The van der Waals surface area contributed by atoms with E-state index in [1.54, 1.807) is 30.3 Å². The lowest BCUT2D eigenvalue weighted by molar-refractivity contribution is -0.148. The SMILES string of the molecule is CC(=O)O[C@@H](COc1ccc(CC2SC(=O)CC2=O)cc1)c1ccccc1Cl. The Morgan fingerprint density at radius 1 is 1.18 bits per heavy atom. The number of Topliss-reactive ketones (excluding diaryl/α,β-unsaturated/α-hetero) is 1. The van der Waals surface area contributed by atoms with Crippen LogP contribution in [0.25, 0.3) is 0 Å². The first-order valence-corrected chi connectivity index (χ1v) is 10.0. The van der Waals surface area contributed by atoms with E-state index in [2.05, 4.69) is 0 Å². The van der Waals surface area contributed by atoms with Crippen molar-refractivity contribution >= 4 is 40.2 Å². The highest BCUT2D eigenvalue weighted by Crippen LogP contribution is 2.29. The number of carbonyl (C=O) groups is 3. The predicted octanol–water partition coefficient (Wildman–Crippen LogP) is 4.17. The lowest BCUT2D eigenvalue weighted by Gasteiger charge is -2.19. The first kappa shape index (κ1) is 20.4. The Kier molecular flexibility index (Phi) is 6.75. The summed E-state index contributed by atoms with van der Waals surface area (Å²) in [5.74, 6) is 0.172. The highest BCUT2D eigenvalue weighted by molar-refractivity contribution is 8.15. The summed E-state index contributed by atoms with van der Waals surface area (Å²) < 4.78 is 11.1. The zero-order valence-electron chi connectivity index (χ0n) is 15.2. The number of carbonyl (C=O) groups excluding carboxylic acids is 3. The van der Waals surface area contributed by atoms with Gasteiger partial charge in [0.05, 0.1) is 11.7 Å². The third kappa shape index (κ3) is 5.36. The van der Waals surface area contributed by atoms with Crippen LogP contribution in [-0.2, 0) is 25.5 Å². The van der Waals surface area contributed by atoms with Gasteiger partial charge in [0.15, 0.2) is 17.0 Å². The van der Waals surface area contributed by atoms with E-state index in [0.29, 0.717) is 22.8 Å². The summed E-state index contributed by atoms with van der Waals surface area (Å²) in [5, 5.41) is 0.139. The second kappa shape index (κ2) is 9.26. The standard InChI is InChI=1S/C21H19ClO5S/c1-13(23)27-19(16-4-2-3-5-17(16)22)12-26-15-8-6-14(7-9-15)10-20-18(24)11-21(25)28-20/h2-9,19-20H,10-12H2,1H3/t19-,20?/m0/s1. The third-order valence-electron chi connectivity index (χ3n) is 4.26. The van der Waals surface area contributed by atoms with Gasteiger partial charge in [-0.3, -0.25) is 14.4 Å². The molecule has 28 heavy (non-hydrogen) atoms. The van der Waals surface area contributed by atoms with Crippen molar-refractivity contribution in [3.63, 3.8) is 0 Å². The summed E-state index contributed by atoms with van der Waals surface area (Å²) in [7, 11) is 0. The van der Waals surface area contributed by atoms with Gasteiger partial charge in [0.2, 0.25) is 0 Å².